The molecule has 54 heavy (non-hydrogen) atoms. The van der Waals surface area contributed by atoms with Crippen LogP contribution >= 0.6 is 0 Å². The van der Waals surface area contributed by atoms with Crippen molar-refractivity contribution in [1.29, 1.82) is 0 Å². The van der Waals surface area contributed by atoms with E-state index in [-0.39, 0.29) is 26.1 Å². The lowest BCUT2D eigenvalue weighted by molar-refractivity contribution is -0.305. The van der Waals surface area contributed by atoms with Gasteiger partial charge < -0.3 is 39.4 Å². The summed E-state index contributed by atoms with van der Waals surface area (Å²) in [6.45, 7) is 3.31. The Morgan fingerprint density at radius 2 is 1.13 bits per heavy atom. The maximum absolute atomic E-state index is 12.7. The molecule has 0 bridgehead atoms. The van der Waals surface area contributed by atoms with Gasteiger partial charge in [0.15, 0.2) is 12.4 Å². The highest BCUT2D eigenvalue weighted by atomic mass is 16.7. The van der Waals surface area contributed by atoms with E-state index in [1.807, 2.05) is 12.2 Å². The highest BCUT2D eigenvalue weighted by Crippen LogP contribution is 2.22. The standard InChI is InChI=1S/C44H76O10/c1-3-5-7-9-11-13-15-17-18-19-21-22-24-26-28-30-32-39(46)51-35-37(36-52-44-43(50)42(49)41(48)38(34-45)54-44)53-40(47)33-31-29-27-25-23-20-16-14-12-10-8-6-4-2/h18-23,27,29,37-38,41-45,48-50H,3-17,24-26,28,30-36H2,1-2H3/b19-18+,22-21+,23-20+,29-27+/t37?,38-,41+,42?,43?,44-/m0/s1. The Hall–Kier alpha value is -2.34. The Morgan fingerprint density at radius 1 is 0.593 bits per heavy atom. The second-order valence-electron chi connectivity index (χ2n) is 14.5. The van der Waals surface area contributed by atoms with Gasteiger partial charge in [-0.3, -0.25) is 9.59 Å². The fourth-order valence-electron chi connectivity index (χ4n) is 6.05. The highest BCUT2D eigenvalue weighted by Gasteiger charge is 2.44. The molecule has 312 valence electrons. The molecule has 0 aromatic carbocycles. The summed E-state index contributed by atoms with van der Waals surface area (Å²) in [4.78, 5) is 25.2. The summed E-state index contributed by atoms with van der Waals surface area (Å²) < 4.78 is 22.0. The van der Waals surface area contributed by atoms with E-state index in [1.54, 1.807) is 0 Å². The maximum atomic E-state index is 12.7. The Balaban J connectivity index is 2.42. The van der Waals surface area contributed by atoms with E-state index >= 15 is 0 Å². The van der Waals surface area contributed by atoms with Gasteiger partial charge in [-0.2, -0.15) is 0 Å². The number of unbranched alkanes of at least 4 members (excludes halogenated alkanes) is 16. The van der Waals surface area contributed by atoms with E-state index < -0.39 is 55.4 Å². The Morgan fingerprint density at radius 3 is 1.72 bits per heavy atom. The third-order valence-corrected chi connectivity index (χ3v) is 9.48. The number of carbonyl (C=O) groups excluding carboxylic acids is 2. The van der Waals surface area contributed by atoms with Crippen LogP contribution in [0.15, 0.2) is 48.6 Å². The first-order chi connectivity index (χ1) is 26.3. The van der Waals surface area contributed by atoms with Crippen LogP contribution in [0.3, 0.4) is 0 Å². The van der Waals surface area contributed by atoms with Crippen LogP contribution < -0.4 is 0 Å². The number of carbonyl (C=O) groups is 2. The first-order valence-electron chi connectivity index (χ1n) is 21.2. The maximum Gasteiger partial charge on any atom is 0.306 e. The fourth-order valence-corrected chi connectivity index (χ4v) is 6.05. The molecule has 0 spiro atoms. The largest absolute Gasteiger partial charge is 0.462 e. The van der Waals surface area contributed by atoms with E-state index in [4.69, 9.17) is 18.9 Å². The van der Waals surface area contributed by atoms with Crippen LogP contribution in [0.25, 0.3) is 0 Å². The molecule has 1 saturated heterocycles. The second kappa shape index (κ2) is 35.1. The normalized spacial score (nSPS) is 21.2. The van der Waals surface area contributed by atoms with Crippen molar-refractivity contribution >= 4 is 11.9 Å². The van der Waals surface area contributed by atoms with Gasteiger partial charge in [-0.1, -0.05) is 140 Å². The van der Waals surface area contributed by atoms with Gasteiger partial charge in [-0.15, -0.1) is 0 Å². The molecule has 4 N–H and O–H groups in total. The zero-order valence-corrected chi connectivity index (χ0v) is 33.7. The molecule has 1 heterocycles. The zero-order valence-electron chi connectivity index (χ0n) is 33.7. The van der Waals surface area contributed by atoms with Gasteiger partial charge in [-0.25, -0.2) is 0 Å². The first-order valence-corrected chi connectivity index (χ1v) is 21.2. The number of aliphatic hydroxyl groups excluding tert-OH is 4. The zero-order chi connectivity index (χ0) is 39.5. The van der Waals surface area contributed by atoms with Crippen LogP contribution in [0.1, 0.15) is 162 Å². The van der Waals surface area contributed by atoms with Gasteiger partial charge in [0.05, 0.1) is 13.2 Å². The molecule has 1 fully saturated rings. The molecular formula is C44H76O10. The summed E-state index contributed by atoms with van der Waals surface area (Å²) in [6.07, 6.45) is 32.8. The molecule has 1 aliphatic rings. The molecule has 1 aliphatic heterocycles. The summed E-state index contributed by atoms with van der Waals surface area (Å²) >= 11 is 0. The van der Waals surface area contributed by atoms with Crippen molar-refractivity contribution in [3.05, 3.63) is 48.6 Å². The monoisotopic (exact) mass is 765 g/mol. The molecule has 10 nitrogen and oxygen atoms in total. The molecule has 3 unspecified atom stereocenters. The number of hydrogen-bond acceptors (Lipinski definition) is 10. The number of aliphatic hydroxyl groups is 4. The van der Waals surface area contributed by atoms with Gasteiger partial charge in [0, 0.05) is 12.8 Å². The number of hydrogen-bond donors (Lipinski definition) is 4. The third-order valence-electron chi connectivity index (χ3n) is 9.48. The van der Waals surface area contributed by atoms with Crippen LogP contribution in [0.5, 0.6) is 0 Å². The van der Waals surface area contributed by atoms with E-state index in [0.717, 1.165) is 38.5 Å². The molecule has 10 heteroatoms. The van der Waals surface area contributed by atoms with Crippen LogP contribution in [0.2, 0.25) is 0 Å². The molecule has 0 aliphatic carbocycles. The molecule has 0 saturated carbocycles. The van der Waals surface area contributed by atoms with Gasteiger partial charge in [0.25, 0.3) is 0 Å². The predicted molar refractivity (Wildman–Crippen MR) is 215 cm³/mol. The number of ether oxygens (including phenoxy) is 4. The third kappa shape index (κ3) is 26.5. The number of esters is 2. The van der Waals surface area contributed by atoms with Crippen molar-refractivity contribution in [3.8, 4) is 0 Å². The molecule has 0 amide bonds. The topological polar surface area (TPSA) is 152 Å². The molecule has 0 radical (unpaired) electrons. The van der Waals surface area contributed by atoms with Crippen molar-refractivity contribution in [2.75, 3.05) is 19.8 Å². The number of allylic oxidation sites excluding steroid dienone is 8. The van der Waals surface area contributed by atoms with Crippen LogP contribution in [-0.4, -0.2) is 89.0 Å². The minimum absolute atomic E-state index is 0.117. The molecule has 0 aromatic heterocycles. The Kier molecular flexibility index (Phi) is 32.3. The quantitative estimate of drug-likeness (QED) is 0.0217. The van der Waals surface area contributed by atoms with Gasteiger partial charge in [0.2, 0.25) is 0 Å². The average molecular weight is 765 g/mol. The van der Waals surface area contributed by atoms with Gasteiger partial charge in [0.1, 0.15) is 31.0 Å². The Bertz CT molecular complexity index is 1020. The highest BCUT2D eigenvalue weighted by molar-refractivity contribution is 5.70. The summed E-state index contributed by atoms with van der Waals surface area (Å²) in [5.41, 5.74) is 0. The second-order valence-corrected chi connectivity index (χ2v) is 14.5. The van der Waals surface area contributed by atoms with Crippen molar-refractivity contribution < 1.29 is 49.0 Å². The van der Waals surface area contributed by atoms with E-state index in [2.05, 4.69) is 50.3 Å². The lowest BCUT2D eigenvalue weighted by atomic mass is 9.99. The predicted octanol–water partition coefficient (Wildman–Crippen LogP) is 8.49. The summed E-state index contributed by atoms with van der Waals surface area (Å²) in [5, 5.41) is 40.0. The van der Waals surface area contributed by atoms with Gasteiger partial charge in [-0.05, 0) is 57.8 Å². The Labute approximate surface area is 327 Å². The molecular weight excluding hydrogens is 688 g/mol. The van der Waals surface area contributed by atoms with Crippen molar-refractivity contribution in [1.82, 2.24) is 0 Å². The summed E-state index contributed by atoms with van der Waals surface area (Å²) in [7, 11) is 0. The van der Waals surface area contributed by atoms with Crippen molar-refractivity contribution in [3.63, 3.8) is 0 Å². The van der Waals surface area contributed by atoms with Crippen LogP contribution in [0, 0.1) is 0 Å². The van der Waals surface area contributed by atoms with E-state index in [1.165, 1.54) is 83.5 Å². The van der Waals surface area contributed by atoms with Crippen molar-refractivity contribution in [2.45, 2.75) is 198 Å². The minimum atomic E-state index is -1.61. The van der Waals surface area contributed by atoms with E-state index in [0.29, 0.717) is 12.8 Å². The van der Waals surface area contributed by atoms with E-state index in [9.17, 15) is 30.0 Å². The first kappa shape index (κ1) is 49.7. The fraction of sp³-hybridized carbons (Fsp3) is 0.773. The molecule has 1 rings (SSSR count). The molecule has 6 atom stereocenters. The van der Waals surface area contributed by atoms with Gasteiger partial charge >= 0.3 is 11.9 Å². The SMILES string of the molecule is CCCCCCCC/C=C/C/C=C/CCC(=O)OC(COC(=O)CCCCC/C=C/C=C/CCCCCCCCC)CO[C@H]1O[C@@H](CO)[C@@H](O)C(O)C1O. The summed E-state index contributed by atoms with van der Waals surface area (Å²) in [6, 6.07) is 0. The smallest absolute Gasteiger partial charge is 0.306 e. The minimum Gasteiger partial charge on any atom is -0.462 e. The molecule has 0 aromatic rings. The lowest BCUT2D eigenvalue weighted by Gasteiger charge is -2.39. The van der Waals surface area contributed by atoms with Crippen LogP contribution in [-0.2, 0) is 28.5 Å². The van der Waals surface area contributed by atoms with Crippen molar-refractivity contribution in [2.24, 2.45) is 0 Å². The number of rotatable bonds is 34. The lowest BCUT2D eigenvalue weighted by Crippen LogP contribution is -2.59. The summed E-state index contributed by atoms with van der Waals surface area (Å²) in [5.74, 6) is -0.919. The van der Waals surface area contributed by atoms with Crippen LogP contribution in [0.4, 0.5) is 0 Å². The average Bonchev–Trinajstić information content (AvgIpc) is 3.17.